The van der Waals surface area contributed by atoms with E-state index in [1.165, 1.54) is 6.92 Å². The molecule has 0 saturated carbocycles. The molecule has 1 aromatic carbocycles. The highest BCUT2D eigenvalue weighted by atomic mass is 16.1. The minimum Gasteiger partial charge on any atom is -0.300 e. The van der Waals surface area contributed by atoms with Gasteiger partial charge in [-0.15, -0.1) is 0 Å². The molecule has 0 atom stereocenters. The van der Waals surface area contributed by atoms with E-state index in [2.05, 4.69) is 0 Å². The van der Waals surface area contributed by atoms with Gasteiger partial charge in [-0.3, -0.25) is 9.59 Å². The fourth-order valence-corrected chi connectivity index (χ4v) is 1.36. The third-order valence-electron chi connectivity index (χ3n) is 2.09. The summed E-state index contributed by atoms with van der Waals surface area (Å²) in [6.45, 7) is 3.41. The largest absolute Gasteiger partial charge is 0.300 e. The van der Waals surface area contributed by atoms with Crippen LogP contribution in [0.5, 0.6) is 0 Å². The molecule has 1 aromatic rings. The number of Topliss-reactive ketones (excluding diaryl/α,β-unsaturated/α-hetero) is 2. The highest BCUT2D eigenvalue weighted by molar-refractivity contribution is 5.98. The maximum atomic E-state index is 11.4. The molecule has 0 heterocycles. The van der Waals surface area contributed by atoms with Gasteiger partial charge in [0.05, 0.1) is 6.42 Å². The number of carbonyl (C=O) groups excluding carboxylic acids is 2. The monoisotopic (exact) mass is 190 g/mol. The quantitative estimate of drug-likeness (QED) is 0.681. The van der Waals surface area contributed by atoms with E-state index in [1.807, 2.05) is 31.2 Å². The molecular weight excluding hydrogens is 176 g/mol. The topological polar surface area (TPSA) is 34.1 Å². The number of rotatable bonds is 4. The van der Waals surface area contributed by atoms with Crippen LogP contribution in [0.1, 0.15) is 24.5 Å². The fourth-order valence-electron chi connectivity index (χ4n) is 1.36. The summed E-state index contributed by atoms with van der Waals surface area (Å²) in [7, 11) is 0. The van der Waals surface area contributed by atoms with Crippen molar-refractivity contribution in [1.82, 2.24) is 0 Å². The first-order valence-corrected chi connectivity index (χ1v) is 4.65. The van der Waals surface area contributed by atoms with Gasteiger partial charge in [-0.25, -0.2) is 0 Å². The molecule has 0 fully saturated rings. The molecule has 0 bridgehead atoms. The van der Waals surface area contributed by atoms with E-state index >= 15 is 0 Å². The Hall–Kier alpha value is -1.44. The van der Waals surface area contributed by atoms with Crippen LogP contribution in [0.3, 0.4) is 0 Å². The summed E-state index contributed by atoms with van der Waals surface area (Å²) < 4.78 is 0. The van der Waals surface area contributed by atoms with Crippen LogP contribution < -0.4 is 0 Å². The van der Waals surface area contributed by atoms with E-state index in [4.69, 9.17) is 0 Å². The summed E-state index contributed by atoms with van der Waals surface area (Å²) in [5, 5.41) is 0. The minimum absolute atomic E-state index is 0.00759. The number of hydrogen-bond acceptors (Lipinski definition) is 2. The third kappa shape index (κ3) is 3.13. The Labute approximate surface area is 83.9 Å². The van der Waals surface area contributed by atoms with Gasteiger partial charge in [-0.05, 0) is 25.0 Å². The van der Waals surface area contributed by atoms with Crippen LogP contribution >= 0.6 is 0 Å². The highest BCUT2D eigenvalue weighted by Crippen LogP contribution is 2.08. The van der Waals surface area contributed by atoms with Crippen LogP contribution in [0.15, 0.2) is 24.3 Å². The smallest absolute Gasteiger partial charge is 0.144 e. The van der Waals surface area contributed by atoms with Crippen LogP contribution in [0, 0.1) is 6.92 Å². The SMILES string of the molecule is CC(=O)CC(=O)Cc1ccccc1C. The normalized spacial score (nSPS) is 9.86. The summed E-state index contributed by atoms with van der Waals surface area (Å²) in [6.07, 6.45) is 0.417. The molecule has 0 aliphatic heterocycles. The van der Waals surface area contributed by atoms with E-state index in [0.29, 0.717) is 6.42 Å². The van der Waals surface area contributed by atoms with Gasteiger partial charge in [0.1, 0.15) is 11.6 Å². The Bertz CT molecular complexity index is 353. The first kappa shape index (κ1) is 10.6. The second kappa shape index (κ2) is 4.70. The van der Waals surface area contributed by atoms with Gasteiger partial charge in [0, 0.05) is 6.42 Å². The Balaban J connectivity index is 2.65. The summed E-state index contributed by atoms with van der Waals surface area (Å²) in [5.41, 5.74) is 2.11. The van der Waals surface area contributed by atoms with Crippen molar-refractivity contribution in [1.29, 1.82) is 0 Å². The predicted molar refractivity (Wildman–Crippen MR) is 55.2 cm³/mol. The Morgan fingerprint density at radius 2 is 1.86 bits per heavy atom. The van der Waals surface area contributed by atoms with E-state index in [-0.39, 0.29) is 18.0 Å². The molecule has 0 amide bonds. The molecule has 0 saturated heterocycles. The number of ketones is 2. The molecule has 74 valence electrons. The highest BCUT2D eigenvalue weighted by Gasteiger charge is 2.07. The maximum Gasteiger partial charge on any atom is 0.144 e. The molecule has 2 heteroatoms. The second-order valence-corrected chi connectivity index (χ2v) is 3.52. The Morgan fingerprint density at radius 1 is 1.21 bits per heavy atom. The molecule has 0 N–H and O–H groups in total. The average molecular weight is 190 g/mol. The lowest BCUT2D eigenvalue weighted by Crippen LogP contribution is -2.08. The zero-order valence-corrected chi connectivity index (χ0v) is 8.54. The van der Waals surface area contributed by atoms with E-state index < -0.39 is 0 Å². The van der Waals surface area contributed by atoms with Crippen molar-refractivity contribution >= 4 is 11.6 Å². The Morgan fingerprint density at radius 3 is 2.43 bits per heavy atom. The van der Waals surface area contributed by atoms with Crippen molar-refractivity contribution in [3.05, 3.63) is 35.4 Å². The lowest BCUT2D eigenvalue weighted by molar-refractivity contribution is -0.125. The second-order valence-electron chi connectivity index (χ2n) is 3.52. The maximum absolute atomic E-state index is 11.4. The molecule has 0 spiro atoms. The van der Waals surface area contributed by atoms with Gasteiger partial charge in [0.25, 0.3) is 0 Å². The number of hydrogen-bond donors (Lipinski definition) is 0. The molecule has 0 radical (unpaired) electrons. The predicted octanol–water partition coefficient (Wildman–Crippen LogP) is 2.09. The molecule has 1 rings (SSSR count). The lowest BCUT2D eigenvalue weighted by Gasteiger charge is -2.03. The van der Waals surface area contributed by atoms with Gasteiger partial charge in [0.15, 0.2) is 0 Å². The van der Waals surface area contributed by atoms with Crippen molar-refractivity contribution in [2.45, 2.75) is 26.7 Å². The number of benzene rings is 1. The van der Waals surface area contributed by atoms with Gasteiger partial charge in [-0.1, -0.05) is 24.3 Å². The first-order valence-electron chi connectivity index (χ1n) is 4.65. The third-order valence-corrected chi connectivity index (χ3v) is 2.09. The number of aryl methyl sites for hydroxylation is 1. The van der Waals surface area contributed by atoms with Crippen molar-refractivity contribution < 1.29 is 9.59 Å². The molecule has 14 heavy (non-hydrogen) atoms. The summed E-state index contributed by atoms with van der Waals surface area (Å²) >= 11 is 0. The van der Waals surface area contributed by atoms with Crippen molar-refractivity contribution in [2.24, 2.45) is 0 Å². The number of carbonyl (C=O) groups is 2. The summed E-state index contributed by atoms with van der Waals surface area (Å²) in [5.74, 6) is -0.0737. The first-order chi connectivity index (χ1) is 6.59. The minimum atomic E-state index is -0.0661. The molecule has 2 nitrogen and oxygen atoms in total. The lowest BCUT2D eigenvalue weighted by atomic mass is 10.0. The van der Waals surface area contributed by atoms with Gasteiger partial charge in [0.2, 0.25) is 0 Å². The Kier molecular flexibility index (Phi) is 3.57. The van der Waals surface area contributed by atoms with Gasteiger partial charge in [-0.2, -0.15) is 0 Å². The summed E-state index contributed by atoms with van der Waals surface area (Å²) in [4.78, 5) is 22.1. The fraction of sp³-hybridized carbons (Fsp3) is 0.333. The average Bonchev–Trinajstić information content (AvgIpc) is 2.07. The summed E-state index contributed by atoms with van der Waals surface area (Å²) in [6, 6.07) is 7.74. The van der Waals surface area contributed by atoms with Gasteiger partial charge >= 0.3 is 0 Å². The molecule has 0 unspecified atom stereocenters. The van der Waals surface area contributed by atoms with Gasteiger partial charge < -0.3 is 0 Å². The van der Waals surface area contributed by atoms with Crippen LogP contribution in [-0.2, 0) is 16.0 Å². The zero-order valence-electron chi connectivity index (χ0n) is 8.54. The van der Waals surface area contributed by atoms with Crippen LogP contribution in [-0.4, -0.2) is 11.6 Å². The molecule has 0 aromatic heterocycles. The van der Waals surface area contributed by atoms with Crippen LogP contribution in [0.25, 0.3) is 0 Å². The van der Waals surface area contributed by atoms with E-state index in [0.717, 1.165) is 11.1 Å². The van der Waals surface area contributed by atoms with Crippen molar-refractivity contribution in [2.75, 3.05) is 0 Å². The zero-order chi connectivity index (χ0) is 10.6. The van der Waals surface area contributed by atoms with Crippen LogP contribution in [0.2, 0.25) is 0 Å². The molecular formula is C12H14O2. The molecule has 0 aliphatic carbocycles. The standard InChI is InChI=1S/C12H14O2/c1-9-5-3-4-6-11(9)8-12(14)7-10(2)13/h3-6H,7-8H2,1-2H3. The van der Waals surface area contributed by atoms with Crippen molar-refractivity contribution in [3.63, 3.8) is 0 Å². The van der Waals surface area contributed by atoms with E-state index in [1.54, 1.807) is 0 Å². The van der Waals surface area contributed by atoms with E-state index in [9.17, 15) is 9.59 Å². The van der Waals surface area contributed by atoms with Crippen LogP contribution in [0.4, 0.5) is 0 Å². The van der Waals surface area contributed by atoms with Crippen molar-refractivity contribution in [3.8, 4) is 0 Å². The molecule has 0 aliphatic rings.